The van der Waals surface area contributed by atoms with Crippen LogP contribution in [0.3, 0.4) is 0 Å². The predicted octanol–water partition coefficient (Wildman–Crippen LogP) is 1.43. The van der Waals surface area contributed by atoms with Gasteiger partial charge in [-0.2, -0.15) is 0 Å². The minimum atomic E-state index is -0.788. The smallest absolute Gasteiger partial charge is 0.237 e. The Morgan fingerprint density at radius 1 is 1.22 bits per heavy atom. The van der Waals surface area contributed by atoms with Crippen LogP contribution in [0.25, 0.3) is 0 Å². The van der Waals surface area contributed by atoms with Crippen molar-refractivity contribution in [2.75, 3.05) is 12.8 Å². The van der Waals surface area contributed by atoms with E-state index in [2.05, 4.69) is 17.6 Å². The molecular weight excluding hydrogens is 248 g/mol. The summed E-state index contributed by atoms with van der Waals surface area (Å²) < 4.78 is 11.2. The van der Waals surface area contributed by atoms with Crippen molar-refractivity contribution >= 4 is 16.7 Å². The van der Waals surface area contributed by atoms with E-state index in [-0.39, 0.29) is 23.2 Å². The lowest BCUT2D eigenvalue weighted by Crippen LogP contribution is -2.46. The van der Waals surface area contributed by atoms with E-state index < -0.39 is 10.8 Å². The first kappa shape index (κ1) is 17.6. The largest absolute Gasteiger partial charge is 0.352 e. The van der Waals surface area contributed by atoms with E-state index in [9.17, 15) is 9.00 Å². The maximum absolute atomic E-state index is 11.8. The van der Waals surface area contributed by atoms with Gasteiger partial charge in [0.1, 0.15) is 0 Å². The lowest BCUT2D eigenvalue weighted by molar-refractivity contribution is -0.123. The van der Waals surface area contributed by atoms with Gasteiger partial charge < -0.3 is 10.6 Å². The molecule has 0 radical (unpaired) electrons. The summed E-state index contributed by atoms with van der Waals surface area (Å²) in [5, 5.41) is 6.32. The Bertz CT molecular complexity index is 272. The molecule has 2 N–H and O–H groups in total. The van der Waals surface area contributed by atoms with Gasteiger partial charge in [0.15, 0.2) is 0 Å². The molecule has 4 unspecified atom stereocenters. The first-order valence-corrected chi connectivity index (χ1v) is 8.36. The molecule has 0 heterocycles. The van der Waals surface area contributed by atoms with Gasteiger partial charge in [0.05, 0.1) is 6.04 Å². The Labute approximate surface area is 114 Å². The van der Waals surface area contributed by atoms with Crippen molar-refractivity contribution in [3.63, 3.8) is 0 Å². The Kier molecular flexibility index (Phi) is 9.28. The van der Waals surface area contributed by atoms with Crippen molar-refractivity contribution in [2.45, 2.75) is 64.3 Å². The van der Waals surface area contributed by atoms with Gasteiger partial charge in [-0.15, -0.1) is 0 Å². The van der Waals surface area contributed by atoms with E-state index in [0.717, 1.165) is 25.8 Å². The molecule has 0 saturated carbocycles. The standard InChI is InChI=1S/C13H28N2O2S/c1-6-7-10(2)15-13(16)12(4)14-9-8-11(3)18(5)17/h10-12,14H,6-9H2,1-5H3,(H,15,16). The summed E-state index contributed by atoms with van der Waals surface area (Å²) in [7, 11) is -0.788. The monoisotopic (exact) mass is 276 g/mol. The summed E-state index contributed by atoms with van der Waals surface area (Å²) in [6, 6.07) is 0.0376. The van der Waals surface area contributed by atoms with Crippen LogP contribution >= 0.6 is 0 Å². The van der Waals surface area contributed by atoms with Crippen LogP contribution in [0.4, 0.5) is 0 Å². The average molecular weight is 276 g/mol. The molecule has 4 nitrogen and oxygen atoms in total. The van der Waals surface area contributed by atoms with Crippen molar-refractivity contribution in [3.05, 3.63) is 0 Å². The fraction of sp³-hybridized carbons (Fsp3) is 0.923. The highest BCUT2D eigenvalue weighted by atomic mass is 32.2. The third kappa shape index (κ3) is 7.82. The molecule has 18 heavy (non-hydrogen) atoms. The molecule has 0 spiro atoms. The second-order valence-electron chi connectivity index (χ2n) is 4.97. The quantitative estimate of drug-likeness (QED) is 0.670. The van der Waals surface area contributed by atoms with Crippen LogP contribution < -0.4 is 10.6 Å². The molecule has 0 saturated heterocycles. The van der Waals surface area contributed by atoms with Gasteiger partial charge in [-0.3, -0.25) is 9.00 Å². The van der Waals surface area contributed by atoms with Gasteiger partial charge in [-0.1, -0.05) is 20.3 Å². The van der Waals surface area contributed by atoms with E-state index >= 15 is 0 Å². The fourth-order valence-corrected chi connectivity index (χ4v) is 2.08. The van der Waals surface area contributed by atoms with Crippen molar-refractivity contribution in [1.29, 1.82) is 0 Å². The summed E-state index contributed by atoms with van der Waals surface area (Å²) in [6.07, 6.45) is 4.62. The highest BCUT2D eigenvalue weighted by Gasteiger charge is 2.14. The molecule has 0 rings (SSSR count). The molecule has 0 aliphatic rings. The Morgan fingerprint density at radius 2 is 1.83 bits per heavy atom. The summed E-state index contributed by atoms with van der Waals surface area (Å²) in [6.45, 7) is 8.68. The van der Waals surface area contributed by atoms with Gasteiger partial charge in [0.25, 0.3) is 0 Å². The third-order valence-electron chi connectivity index (χ3n) is 3.07. The zero-order valence-electron chi connectivity index (χ0n) is 12.3. The molecule has 108 valence electrons. The number of carbonyl (C=O) groups excluding carboxylic acids is 1. The number of hydrogen-bond donors (Lipinski definition) is 2. The Morgan fingerprint density at radius 3 is 2.33 bits per heavy atom. The Balaban J connectivity index is 3.84. The average Bonchev–Trinajstić information content (AvgIpc) is 2.28. The molecule has 4 atom stereocenters. The highest BCUT2D eigenvalue weighted by Crippen LogP contribution is 1.99. The van der Waals surface area contributed by atoms with Crippen LogP contribution in [-0.2, 0) is 15.6 Å². The third-order valence-corrected chi connectivity index (χ3v) is 4.44. The molecule has 0 aromatic rings. The van der Waals surface area contributed by atoms with E-state index in [0.29, 0.717) is 0 Å². The number of hydrogen-bond acceptors (Lipinski definition) is 3. The van der Waals surface area contributed by atoms with Crippen molar-refractivity contribution in [1.82, 2.24) is 10.6 Å². The summed E-state index contributed by atoms with van der Waals surface area (Å²) in [5.41, 5.74) is 0. The first-order valence-electron chi connectivity index (χ1n) is 6.74. The number of carbonyl (C=O) groups is 1. The topological polar surface area (TPSA) is 58.2 Å². The van der Waals surface area contributed by atoms with Crippen molar-refractivity contribution < 1.29 is 9.00 Å². The molecular formula is C13H28N2O2S. The van der Waals surface area contributed by atoms with Crippen LogP contribution in [0.15, 0.2) is 0 Å². The minimum Gasteiger partial charge on any atom is -0.352 e. The number of nitrogens with one attached hydrogen (secondary N) is 2. The van der Waals surface area contributed by atoms with Crippen LogP contribution in [0.2, 0.25) is 0 Å². The SMILES string of the molecule is CCCC(C)NC(=O)C(C)NCCC(C)S(C)=O. The molecule has 0 fully saturated rings. The van der Waals surface area contributed by atoms with E-state index in [4.69, 9.17) is 0 Å². The van der Waals surface area contributed by atoms with Gasteiger partial charge >= 0.3 is 0 Å². The molecule has 0 aliphatic heterocycles. The molecule has 1 amide bonds. The molecule has 5 heteroatoms. The molecule has 0 aliphatic carbocycles. The summed E-state index contributed by atoms with van der Waals surface area (Å²) in [5.74, 6) is 0.0428. The van der Waals surface area contributed by atoms with Crippen LogP contribution in [0.5, 0.6) is 0 Å². The highest BCUT2D eigenvalue weighted by molar-refractivity contribution is 7.84. The van der Waals surface area contributed by atoms with E-state index in [1.165, 1.54) is 0 Å². The lowest BCUT2D eigenvalue weighted by atomic mass is 10.2. The van der Waals surface area contributed by atoms with Gasteiger partial charge in [0.2, 0.25) is 5.91 Å². The number of rotatable bonds is 9. The molecule has 0 aromatic carbocycles. The summed E-state index contributed by atoms with van der Waals surface area (Å²) >= 11 is 0. The zero-order chi connectivity index (χ0) is 14.1. The fourth-order valence-electron chi connectivity index (χ4n) is 1.63. The van der Waals surface area contributed by atoms with Gasteiger partial charge in [-0.05, 0) is 33.2 Å². The first-order chi connectivity index (χ1) is 8.38. The number of amides is 1. The van der Waals surface area contributed by atoms with Crippen LogP contribution in [-0.4, -0.2) is 40.3 Å². The normalized spacial score (nSPS) is 17.8. The van der Waals surface area contributed by atoms with Gasteiger partial charge in [0, 0.05) is 28.3 Å². The second kappa shape index (κ2) is 9.50. The van der Waals surface area contributed by atoms with E-state index in [1.807, 2.05) is 20.8 Å². The van der Waals surface area contributed by atoms with Crippen LogP contribution in [0.1, 0.15) is 47.0 Å². The summed E-state index contributed by atoms with van der Waals surface area (Å²) in [4.78, 5) is 11.8. The molecule has 0 aromatic heterocycles. The zero-order valence-corrected chi connectivity index (χ0v) is 13.1. The van der Waals surface area contributed by atoms with Crippen molar-refractivity contribution in [3.8, 4) is 0 Å². The predicted molar refractivity (Wildman–Crippen MR) is 78.1 cm³/mol. The maximum Gasteiger partial charge on any atom is 0.237 e. The molecule has 0 bridgehead atoms. The van der Waals surface area contributed by atoms with Crippen LogP contribution in [0, 0.1) is 0 Å². The lowest BCUT2D eigenvalue weighted by Gasteiger charge is -2.18. The second-order valence-corrected chi connectivity index (χ2v) is 6.77. The minimum absolute atomic E-state index is 0.0428. The maximum atomic E-state index is 11.8. The van der Waals surface area contributed by atoms with E-state index in [1.54, 1.807) is 6.26 Å². The van der Waals surface area contributed by atoms with Gasteiger partial charge in [-0.25, -0.2) is 0 Å². The van der Waals surface area contributed by atoms with Crippen molar-refractivity contribution in [2.24, 2.45) is 0 Å². The Hall–Kier alpha value is -0.420.